The molecule has 0 spiro atoms. The Kier molecular flexibility index (Phi) is 5.43. The van der Waals surface area contributed by atoms with Crippen molar-refractivity contribution in [2.75, 3.05) is 0 Å². The molecule has 1 aromatic rings. The summed E-state index contributed by atoms with van der Waals surface area (Å²) >= 11 is 6.49. The maximum atomic E-state index is 6.62. The molecule has 0 fully saturated rings. The van der Waals surface area contributed by atoms with Crippen LogP contribution in [0.3, 0.4) is 0 Å². The van der Waals surface area contributed by atoms with Crippen LogP contribution in [-0.2, 0) is 4.43 Å². The first kappa shape index (κ1) is 18.0. The number of benzene rings is 1. The standard InChI is InChI=1S/C18H30ClNOSi/c1-7-8-12-15-16-13(10-9-11-14(16)19)17(20-15)21-22(5,6)18(2,3)4/h9-11,15,17,20H,7-8,12H2,1-6H3. The Hall–Kier alpha value is -0.353. The van der Waals surface area contributed by atoms with E-state index < -0.39 is 8.32 Å². The monoisotopic (exact) mass is 339 g/mol. The number of rotatable bonds is 5. The normalized spacial score (nSPS) is 22.0. The SMILES string of the molecule is CCCCC1NC(O[Si](C)(C)C(C)(C)C)c2cccc(Cl)c21. The molecule has 0 saturated heterocycles. The van der Waals surface area contributed by atoms with Gasteiger partial charge in [-0.3, -0.25) is 5.32 Å². The van der Waals surface area contributed by atoms with Crippen LogP contribution in [0.1, 0.15) is 70.4 Å². The molecule has 2 rings (SSSR count). The molecular formula is C18H30ClNOSi. The zero-order valence-electron chi connectivity index (χ0n) is 14.8. The van der Waals surface area contributed by atoms with Crippen LogP contribution in [-0.4, -0.2) is 8.32 Å². The molecule has 0 aromatic heterocycles. The van der Waals surface area contributed by atoms with E-state index in [0.29, 0.717) is 6.04 Å². The van der Waals surface area contributed by atoms with Gasteiger partial charge in [-0.05, 0) is 36.2 Å². The van der Waals surface area contributed by atoms with E-state index in [2.05, 4.69) is 52.2 Å². The summed E-state index contributed by atoms with van der Waals surface area (Å²) < 4.78 is 6.62. The fourth-order valence-electron chi connectivity index (χ4n) is 2.71. The quantitative estimate of drug-likeness (QED) is 0.645. The first-order chi connectivity index (χ1) is 10.2. The van der Waals surface area contributed by atoms with Crippen molar-refractivity contribution in [2.45, 2.75) is 77.4 Å². The largest absolute Gasteiger partial charge is 0.398 e. The molecule has 2 unspecified atom stereocenters. The Morgan fingerprint density at radius 3 is 2.55 bits per heavy atom. The summed E-state index contributed by atoms with van der Waals surface area (Å²) in [6.07, 6.45) is 3.50. The molecule has 1 aliphatic heterocycles. The van der Waals surface area contributed by atoms with Gasteiger partial charge in [0.1, 0.15) is 6.23 Å². The number of hydrogen-bond donors (Lipinski definition) is 1. The van der Waals surface area contributed by atoms with Crippen LogP contribution in [0.15, 0.2) is 18.2 Å². The van der Waals surface area contributed by atoms with Crippen LogP contribution >= 0.6 is 11.6 Å². The number of nitrogens with one attached hydrogen (secondary N) is 1. The topological polar surface area (TPSA) is 21.3 Å². The molecule has 0 amide bonds. The summed E-state index contributed by atoms with van der Waals surface area (Å²) in [5, 5.41) is 4.76. The lowest BCUT2D eigenvalue weighted by molar-refractivity contribution is 0.147. The highest BCUT2D eigenvalue weighted by molar-refractivity contribution is 6.74. The number of unbranched alkanes of at least 4 members (excludes halogenated alkanes) is 1. The van der Waals surface area contributed by atoms with Crippen molar-refractivity contribution in [2.24, 2.45) is 0 Å². The van der Waals surface area contributed by atoms with Crippen LogP contribution in [0.2, 0.25) is 23.2 Å². The summed E-state index contributed by atoms with van der Waals surface area (Å²) in [7, 11) is -1.82. The molecule has 0 bridgehead atoms. The molecule has 0 aliphatic carbocycles. The minimum atomic E-state index is -1.82. The smallest absolute Gasteiger partial charge is 0.194 e. The van der Waals surface area contributed by atoms with E-state index >= 15 is 0 Å². The third kappa shape index (κ3) is 3.59. The van der Waals surface area contributed by atoms with E-state index in [0.717, 1.165) is 11.4 Å². The lowest BCUT2D eigenvalue weighted by Gasteiger charge is -2.38. The second kappa shape index (κ2) is 6.64. The number of fused-ring (bicyclic) bond motifs is 1. The van der Waals surface area contributed by atoms with Crippen LogP contribution < -0.4 is 5.32 Å². The van der Waals surface area contributed by atoms with Crippen molar-refractivity contribution < 1.29 is 4.43 Å². The lowest BCUT2D eigenvalue weighted by atomic mass is 10.0. The maximum Gasteiger partial charge on any atom is 0.194 e. The van der Waals surface area contributed by atoms with E-state index in [9.17, 15) is 0 Å². The Morgan fingerprint density at radius 2 is 1.95 bits per heavy atom. The van der Waals surface area contributed by atoms with Gasteiger partial charge >= 0.3 is 0 Å². The Balaban J connectivity index is 2.27. The van der Waals surface area contributed by atoms with Crippen molar-refractivity contribution in [3.05, 3.63) is 34.3 Å². The molecule has 1 N–H and O–H groups in total. The third-order valence-corrected chi connectivity index (χ3v) is 9.90. The van der Waals surface area contributed by atoms with Gasteiger partial charge in [0, 0.05) is 16.6 Å². The zero-order chi connectivity index (χ0) is 16.5. The number of halogens is 1. The Labute approximate surface area is 141 Å². The minimum absolute atomic E-state index is 0.0172. The lowest BCUT2D eigenvalue weighted by Crippen LogP contribution is -2.43. The van der Waals surface area contributed by atoms with Gasteiger partial charge in [0.15, 0.2) is 8.32 Å². The van der Waals surface area contributed by atoms with E-state index in [1.165, 1.54) is 24.0 Å². The molecule has 0 radical (unpaired) electrons. The first-order valence-electron chi connectivity index (χ1n) is 8.39. The van der Waals surface area contributed by atoms with E-state index in [1.54, 1.807) is 0 Å². The van der Waals surface area contributed by atoms with E-state index in [4.69, 9.17) is 16.0 Å². The summed E-state index contributed by atoms with van der Waals surface area (Å²) in [4.78, 5) is 0. The number of hydrogen-bond acceptors (Lipinski definition) is 2. The highest BCUT2D eigenvalue weighted by Gasteiger charge is 2.42. The second-order valence-electron chi connectivity index (χ2n) is 7.86. The van der Waals surface area contributed by atoms with E-state index in [-0.39, 0.29) is 11.3 Å². The van der Waals surface area contributed by atoms with Gasteiger partial charge in [-0.25, -0.2) is 0 Å². The fraction of sp³-hybridized carbons (Fsp3) is 0.667. The molecule has 4 heteroatoms. The second-order valence-corrected chi connectivity index (χ2v) is 13.0. The molecular weight excluding hydrogens is 310 g/mol. The summed E-state index contributed by atoms with van der Waals surface area (Å²) in [6, 6.07) is 6.51. The first-order valence-corrected chi connectivity index (χ1v) is 11.7. The predicted octanol–water partition coefficient (Wildman–Crippen LogP) is 6.19. The zero-order valence-corrected chi connectivity index (χ0v) is 16.6. The van der Waals surface area contributed by atoms with Gasteiger partial charge in [0.2, 0.25) is 0 Å². The van der Waals surface area contributed by atoms with Crippen LogP contribution in [0.25, 0.3) is 0 Å². The van der Waals surface area contributed by atoms with Gasteiger partial charge in [0.25, 0.3) is 0 Å². The summed E-state index contributed by atoms with van der Waals surface area (Å²) in [5.74, 6) is 0. The third-order valence-electron chi connectivity index (χ3n) is 5.14. The van der Waals surface area contributed by atoms with Crippen LogP contribution in [0, 0.1) is 0 Å². The molecule has 1 aliphatic rings. The van der Waals surface area contributed by atoms with Gasteiger partial charge in [0.05, 0.1) is 0 Å². The van der Waals surface area contributed by atoms with Gasteiger partial charge in [-0.2, -0.15) is 0 Å². The van der Waals surface area contributed by atoms with Crippen LogP contribution in [0.5, 0.6) is 0 Å². The average Bonchev–Trinajstić information content (AvgIpc) is 2.74. The summed E-state index contributed by atoms with van der Waals surface area (Å²) in [6.45, 7) is 13.7. The molecule has 1 aromatic carbocycles. The van der Waals surface area contributed by atoms with Gasteiger partial charge in [-0.1, -0.05) is 64.3 Å². The summed E-state index contributed by atoms with van der Waals surface area (Å²) in [5.41, 5.74) is 2.49. The highest BCUT2D eigenvalue weighted by atomic mass is 35.5. The Morgan fingerprint density at radius 1 is 1.27 bits per heavy atom. The van der Waals surface area contributed by atoms with Gasteiger partial charge < -0.3 is 4.43 Å². The van der Waals surface area contributed by atoms with Crippen molar-refractivity contribution >= 4 is 19.9 Å². The molecule has 2 atom stereocenters. The predicted molar refractivity (Wildman–Crippen MR) is 97.9 cm³/mol. The molecule has 124 valence electrons. The molecule has 22 heavy (non-hydrogen) atoms. The van der Waals surface area contributed by atoms with Crippen molar-refractivity contribution in [1.82, 2.24) is 5.32 Å². The Bertz CT molecular complexity index is 524. The fourth-order valence-corrected chi connectivity index (χ4v) is 4.16. The molecule has 0 saturated carbocycles. The molecule has 2 nitrogen and oxygen atoms in total. The average molecular weight is 340 g/mol. The van der Waals surface area contributed by atoms with Crippen LogP contribution in [0.4, 0.5) is 0 Å². The molecule has 1 heterocycles. The van der Waals surface area contributed by atoms with Crippen molar-refractivity contribution in [1.29, 1.82) is 0 Å². The minimum Gasteiger partial charge on any atom is -0.398 e. The maximum absolute atomic E-state index is 6.62. The highest BCUT2D eigenvalue weighted by Crippen LogP contribution is 2.45. The van der Waals surface area contributed by atoms with E-state index in [1.807, 2.05) is 12.1 Å². The van der Waals surface area contributed by atoms with Crippen molar-refractivity contribution in [3.63, 3.8) is 0 Å². The van der Waals surface area contributed by atoms with Crippen molar-refractivity contribution in [3.8, 4) is 0 Å². The van der Waals surface area contributed by atoms with Gasteiger partial charge in [-0.15, -0.1) is 0 Å².